The van der Waals surface area contributed by atoms with Crippen molar-refractivity contribution in [2.75, 3.05) is 7.11 Å². The number of urea groups is 1. The van der Waals surface area contributed by atoms with Gasteiger partial charge < -0.3 is 15.4 Å². The maximum atomic E-state index is 11.5. The second kappa shape index (κ2) is 5.57. The minimum Gasteiger partial charge on any atom is -0.497 e. The highest BCUT2D eigenvalue weighted by Gasteiger charge is 2.18. The molecule has 1 fully saturated rings. The van der Waals surface area contributed by atoms with Gasteiger partial charge in [-0.1, -0.05) is 12.1 Å². The molecule has 0 heterocycles. The third-order valence-electron chi connectivity index (χ3n) is 3.05. The van der Waals surface area contributed by atoms with Gasteiger partial charge in [0.2, 0.25) is 0 Å². The number of carbonyl (C=O) groups is 1. The lowest BCUT2D eigenvalue weighted by Gasteiger charge is -2.26. The van der Waals surface area contributed by atoms with E-state index >= 15 is 0 Å². The molecule has 1 aromatic rings. The lowest BCUT2D eigenvalue weighted by atomic mass is 9.93. The Bertz CT molecular complexity index is 372. The first-order chi connectivity index (χ1) is 8.28. The van der Waals surface area contributed by atoms with Crippen molar-refractivity contribution in [2.24, 2.45) is 0 Å². The van der Waals surface area contributed by atoms with Gasteiger partial charge in [0.05, 0.1) is 7.11 Å². The van der Waals surface area contributed by atoms with Crippen LogP contribution in [-0.4, -0.2) is 19.2 Å². The van der Waals surface area contributed by atoms with Gasteiger partial charge in [-0.15, -0.1) is 0 Å². The normalized spacial score (nSPS) is 14.9. The summed E-state index contributed by atoms with van der Waals surface area (Å²) < 4.78 is 5.07. The number of hydrogen-bond donors (Lipinski definition) is 2. The van der Waals surface area contributed by atoms with Crippen LogP contribution in [0.2, 0.25) is 0 Å². The smallest absolute Gasteiger partial charge is 0.315 e. The van der Waals surface area contributed by atoms with Crippen molar-refractivity contribution in [1.29, 1.82) is 0 Å². The van der Waals surface area contributed by atoms with Crippen LogP contribution in [0.15, 0.2) is 24.3 Å². The van der Waals surface area contributed by atoms with Crippen LogP contribution in [0, 0.1) is 0 Å². The fraction of sp³-hybridized carbons (Fsp3) is 0.462. The van der Waals surface area contributed by atoms with Crippen LogP contribution >= 0.6 is 0 Å². The van der Waals surface area contributed by atoms with Crippen LogP contribution in [0.5, 0.6) is 5.75 Å². The maximum Gasteiger partial charge on any atom is 0.315 e. The molecule has 0 bridgehead atoms. The Kier molecular flexibility index (Phi) is 3.85. The summed E-state index contributed by atoms with van der Waals surface area (Å²) in [5.74, 6) is 0.827. The van der Waals surface area contributed by atoms with E-state index in [0.29, 0.717) is 12.6 Å². The molecule has 0 aliphatic heterocycles. The van der Waals surface area contributed by atoms with Crippen molar-refractivity contribution in [3.8, 4) is 5.75 Å². The average molecular weight is 234 g/mol. The molecule has 1 aliphatic carbocycles. The zero-order valence-corrected chi connectivity index (χ0v) is 10.0. The monoisotopic (exact) mass is 234 g/mol. The van der Waals surface area contributed by atoms with Crippen LogP contribution in [0.4, 0.5) is 4.79 Å². The minimum atomic E-state index is -0.0782. The van der Waals surface area contributed by atoms with Crippen LogP contribution in [0.1, 0.15) is 24.8 Å². The number of ether oxygens (including phenoxy) is 1. The molecule has 1 aromatic carbocycles. The van der Waals surface area contributed by atoms with E-state index in [1.54, 1.807) is 7.11 Å². The standard InChI is InChI=1S/C13H18N2O2/c1-17-12-7-5-10(6-8-12)9-14-13(16)15-11-3-2-4-11/h5-8,11H,2-4,9H2,1H3,(H2,14,15,16). The molecule has 4 heteroatoms. The third kappa shape index (κ3) is 3.37. The molecule has 0 aromatic heterocycles. The van der Waals surface area contributed by atoms with Crippen molar-refractivity contribution >= 4 is 6.03 Å². The molecule has 0 atom stereocenters. The second-order valence-electron chi connectivity index (χ2n) is 4.30. The van der Waals surface area contributed by atoms with Crippen LogP contribution in [0.3, 0.4) is 0 Å². The molecule has 1 aliphatic rings. The number of amides is 2. The summed E-state index contributed by atoms with van der Waals surface area (Å²) in [5.41, 5.74) is 1.06. The lowest BCUT2D eigenvalue weighted by Crippen LogP contribution is -2.44. The van der Waals surface area contributed by atoms with Gasteiger partial charge in [0, 0.05) is 12.6 Å². The first kappa shape index (κ1) is 11.8. The van der Waals surface area contributed by atoms with Gasteiger partial charge in [-0.05, 0) is 37.0 Å². The summed E-state index contributed by atoms with van der Waals surface area (Å²) in [4.78, 5) is 11.5. The fourth-order valence-electron chi connectivity index (χ4n) is 1.71. The number of nitrogens with one attached hydrogen (secondary N) is 2. The van der Waals surface area contributed by atoms with Crippen molar-refractivity contribution in [1.82, 2.24) is 10.6 Å². The summed E-state index contributed by atoms with van der Waals surface area (Å²) in [6.45, 7) is 0.544. The predicted octanol–water partition coefficient (Wildman–Crippen LogP) is 2.05. The van der Waals surface area contributed by atoms with Crippen LogP contribution in [-0.2, 0) is 6.54 Å². The number of hydrogen-bond acceptors (Lipinski definition) is 2. The molecule has 2 amide bonds. The first-order valence-corrected chi connectivity index (χ1v) is 5.95. The van der Waals surface area contributed by atoms with Crippen molar-refractivity contribution < 1.29 is 9.53 Å². The molecule has 0 saturated heterocycles. The summed E-state index contributed by atoms with van der Waals surface area (Å²) >= 11 is 0. The van der Waals surface area contributed by atoms with Crippen molar-refractivity contribution in [3.05, 3.63) is 29.8 Å². The van der Waals surface area contributed by atoms with Crippen LogP contribution < -0.4 is 15.4 Å². The largest absolute Gasteiger partial charge is 0.497 e. The van der Waals surface area contributed by atoms with Gasteiger partial charge in [-0.2, -0.15) is 0 Å². The molecule has 2 N–H and O–H groups in total. The molecule has 17 heavy (non-hydrogen) atoms. The van der Waals surface area contributed by atoms with Crippen molar-refractivity contribution in [2.45, 2.75) is 31.8 Å². The molecular weight excluding hydrogens is 216 g/mol. The Morgan fingerprint density at radius 1 is 1.35 bits per heavy atom. The molecule has 0 spiro atoms. The minimum absolute atomic E-state index is 0.0782. The molecule has 92 valence electrons. The molecule has 0 unspecified atom stereocenters. The Labute approximate surface area is 101 Å². The third-order valence-corrected chi connectivity index (χ3v) is 3.05. The fourth-order valence-corrected chi connectivity index (χ4v) is 1.71. The highest BCUT2D eigenvalue weighted by Crippen LogP contribution is 2.17. The zero-order valence-electron chi connectivity index (χ0n) is 10.0. The van der Waals surface area contributed by atoms with Gasteiger partial charge in [0.15, 0.2) is 0 Å². The van der Waals surface area contributed by atoms with E-state index in [0.717, 1.165) is 24.2 Å². The van der Waals surface area contributed by atoms with E-state index in [-0.39, 0.29) is 6.03 Å². The maximum absolute atomic E-state index is 11.5. The lowest BCUT2D eigenvalue weighted by molar-refractivity contribution is 0.228. The van der Waals surface area contributed by atoms with Crippen molar-refractivity contribution in [3.63, 3.8) is 0 Å². The molecule has 2 rings (SSSR count). The SMILES string of the molecule is COc1ccc(CNC(=O)NC2CCC2)cc1. The topological polar surface area (TPSA) is 50.4 Å². The second-order valence-corrected chi connectivity index (χ2v) is 4.30. The predicted molar refractivity (Wildman–Crippen MR) is 66.0 cm³/mol. The summed E-state index contributed by atoms with van der Waals surface area (Å²) in [7, 11) is 1.64. The Balaban J connectivity index is 1.74. The van der Waals surface area contributed by atoms with E-state index in [1.807, 2.05) is 24.3 Å². The van der Waals surface area contributed by atoms with Gasteiger partial charge in [0.25, 0.3) is 0 Å². The Morgan fingerprint density at radius 2 is 2.06 bits per heavy atom. The van der Waals surface area contributed by atoms with Gasteiger partial charge in [0.1, 0.15) is 5.75 Å². The van der Waals surface area contributed by atoms with Gasteiger partial charge in [-0.3, -0.25) is 0 Å². The summed E-state index contributed by atoms with van der Waals surface area (Å²) in [5, 5.41) is 5.78. The molecule has 0 radical (unpaired) electrons. The zero-order chi connectivity index (χ0) is 12.1. The first-order valence-electron chi connectivity index (χ1n) is 5.95. The highest BCUT2D eigenvalue weighted by atomic mass is 16.5. The molecule has 1 saturated carbocycles. The summed E-state index contributed by atoms with van der Waals surface area (Å²) in [6, 6.07) is 7.98. The van der Waals surface area contributed by atoms with E-state index in [2.05, 4.69) is 10.6 Å². The van der Waals surface area contributed by atoms with E-state index in [1.165, 1.54) is 6.42 Å². The number of methoxy groups -OCH3 is 1. The van der Waals surface area contributed by atoms with E-state index in [9.17, 15) is 4.79 Å². The number of benzene rings is 1. The molecule has 4 nitrogen and oxygen atoms in total. The highest BCUT2D eigenvalue weighted by molar-refractivity contribution is 5.74. The number of carbonyl (C=O) groups excluding carboxylic acids is 1. The Hall–Kier alpha value is -1.71. The average Bonchev–Trinajstić information content (AvgIpc) is 2.32. The Morgan fingerprint density at radius 3 is 2.59 bits per heavy atom. The quantitative estimate of drug-likeness (QED) is 0.837. The van der Waals surface area contributed by atoms with Gasteiger partial charge in [-0.25, -0.2) is 4.79 Å². The molecular formula is C13H18N2O2. The van der Waals surface area contributed by atoms with E-state index in [4.69, 9.17) is 4.74 Å². The van der Waals surface area contributed by atoms with Crippen LogP contribution in [0.25, 0.3) is 0 Å². The van der Waals surface area contributed by atoms with E-state index < -0.39 is 0 Å². The summed E-state index contributed by atoms with van der Waals surface area (Å²) in [6.07, 6.45) is 3.44. The number of rotatable bonds is 4. The van der Waals surface area contributed by atoms with Gasteiger partial charge >= 0.3 is 6.03 Å².